The van der Waals surface area contributed by atoms with Crippen LogP contribution in [0.5, 0.6) is 0 Å². The van der Waals surface area contributed by atoms with Crippen molar-refractivity contribution in [3.05, 3.63) is 60.3 Å². The van der Waals surface area contributed by atoms with Gasteiger partial charge in [0.15, 0.2) is 0 Å². The van der Waals surface area contributed by atoms with Crippen LogP contribution in [0.4, 0.5) is 0 Å². The molecule has 3 heteroatoms. The fourth-order valence-corrected chi connectivity index (χ4v) is 2.03. The van der Waals surface area contributed by atoms with E-state index in [2.05, 4.69) is 5.10 Å². The molecule has 0 aliphatic heterocycles. The van der Waals surface area contributed by atoms with Crippen LogP contribution in [0.15, 0.2) is 54.7 Å². The van der Waals surface area contributed by atoms with Crippen LogP contribution in [0.3, 0.4) is 0 Å². The van der Waals surface area contributed by atoms with E-state index in [1.54, 1.807) is 4.52 Å². The molecule has 3 aromatic rings. The van der Waals surface area contributed by atoms with Gasteiger partial charge in [0, 0.05) is 17.3 Å². The summed E-state index contributed by atoms with van der Waals surface area (Å²) in [5, 5.41) is 14.0. The molecule has 0 aliphatic rings. The average Bonchev–Trinajstić information content (AvgIpc) is 2.78. The Kier molecular flexibility index (Phi) is 2.38. The van der Waals surface area contributed by atoms with Crippen LogP contribution in [0, 0.1) is 0 Å². The highest BCUT2D eigenvalue weighted by Crippen LogP contribution is 2.25. The smallest absolute Gasteiger partial charge is 0.0988 e. The SMILES string of the molecule is OCc1c(-c2ccccc2)nn2ccccc12. The minimum atomic E-state index is -0.00224. The maximum absolute atomic E-state index is 9.51. The second-order valence-electron chi connectivity index (χ2n) is 3.88. The third kappa shape index (κ3) is 1.61. The zero-order valence-corrected chi connectivity index (χ0v) is 9.24. The fraction of sp³-hybridized carbons (Fsp3) is 0.0714. The van der Waals surface area contributed by atoms with Crippen molar-refractivity contribution in [3.63, 3.8) is 0 Å². The molecule has 1 aromatic carbocycles. The number of nitrogens with zero attached hydrogens (tertiary/aromatic N) is 2. The lowest BCUT2D eigenvalue weighted by molar-refractivity contribution is 0.284. The van der Waals surface area contributed by atoms with Gasteiger partial charge in [-0.25, -0.2) is 4.52 Å². The quantitative estimate of drug-likeness (QED) is 0.726. The Hall–Kier alpha value is -2.13. The van der Waals surface area contributed by atoms with Gasteiger partial charge in [0.1, 0.15) is 0 Å². The molecular weight excluding hydrogens is 212 g/mol. The Morgan fingerprint density at radius 1 is 1.00 bits per heavy atom. The van der Waals surface area contributed by atoms with Gasteiger partial charge in [0.25, 0.3) is 0 Å². The van der Waals surface area contributed by atoms with E-state index < -0.39 is 0 Å². The Morgan fingerprint density at radius 3 is 2.53 bits per heavy atom. The summed E-state index contributed by atoms with van der Waals surface area (Å²) in [4.78, 5) is 0. The van der Waals surface area contributed by atoms with Crippen LogP contribution >= 0.6 is 0 Å². The van der Waals surface area contributed by atoms with Crippen molar-refractivity contribution in [3.8, 4) is 11.3 Å². The molecule has 0 amide bonds. The van der Waals surface area contributed by atoms with E-state index in [1.807, 2.05) is 54.7 Å². The van der Waals surface area contributed by atoms with Crippen molar-refractivity contribution in [2.24, 2.45) is 0 Å². The monoisotopic (exact) mass is 224 g/mol. The molecule has 0 saturated heterocycles. The summed E-state index contributed by atoms with van der Waals surface area (Å²) in [6, 6.07) is 15.8. The van der Waals surface area contributed by atoms with Gasteiger partial charge in [-0.2, -0.15) is 5.10 Å². The summed E-state index contributed by atoms with van der Waals surface area (Å²) in [6.45, 7) is -0.00224. The van der Waals surface area contributed by atoms with Gasteiger partial charge in [-0.15, -0.1) is 0 Å². The number of aliphatic hydroxyl groups excluding tert-OH is 1. The Morgan fingerprint density at radius 2 is 1.76 bits per heavy atom. The molecule has 17 heavy (non-hydrogen) atoms. The zero-order valence-electron chi connectivity index (χ0n) is 9.24. The standard InChI is InChI=1S/C14H12N2O/c17-10-12-13-8-4-5-9-16(13)15-14(12)11-6-2-1-3-7-11/h1-9,17H,10H2. The van der Waals surface area contributed by atoms with Crippen LogP contribution in [-0.4, -0.2) is 14.7 Å². The van der Waals surface area contributed by atoms with Crippen molar-refractivity contribution < 1.29 is 5.11 Å². The summed E-state index contributed by atoms with van der Waals surface area (Å²) in [6.07, 6.45) is 1.89. The zero-order chi connectivity index (χ0) is 11.7. The lowest BCUT2D eigenvalue weighted by atomic mass is 10.1. The fourth-order valence-electron chi connectivity index (χ4n) is 2.03. The maximum atomic E-state index is 9.51. The molecule has 3 rings (SSSR count). The molecule has 1 N–H and O–H groups in total. The number of pyridine rings is 1. The first kappa shape index (κ1) is 10.1. The summed E-state index contributed by atoms with van der Waals surface area (Å²) >= 11 is 0. The highest BCUT2D eigenvalue weighted by atomic mass is 16.3. The number of rotatable bonds is 2. The minimum Gasteiger partial charge on any atom is -0.392 e. The lowest BCUT2D eigenvalue weighted by Crippen LogP contribution is -1.85. The third-order valence-corrected chi connectivity index (χ3v) is 2.85. The van der Waals surface area contributed by atoms with E-state index in [4.69, 9.17) is 0 Å². The summed E-state index contributed by atoms with van der Waals surface area (Å²) < 4.78 is 1.80. The third-order valence-electron chi connectivity index (χ3n) is 2.85. The van der Waals surface area contributed by atoms with Gasteiger partial charge in [0.2, 0.25) is 0 Å². The molecule has 0 unspecified atom stereocenters. The van der Waals surface area contributed by atoms with Crippen molar-refractivity contribution >= 4 is 5.52 Å². The molecule has 3 nitrogen and oxygen atoms in total. The number of hydrogen-bond donors (Lipinski definition) is 1. The molecule has 0 aliphatic carbocycles. The molecular formula is C14H12N2O. The Balaban J connectivity index is 2.30. The summed E-state index contributed by atoms with van der Waals surface area (Å²) in [7, 11) is 0. The minimum absolute atomic E-state index is 0.00224. The van der Waals surface area contributed by atoms with Crippen LogP contribution < -0.4 is 0 Å². The van der Waals surface area contributed by atoms with Gasteiger partial charge in [-0.1, -0.05) is 36.4 Å². The number of benzene rings is 1. The first-order valence-corrected chi connectivity index (χ1v) is 5.52. The molecule has 0 radical (unpaired) electrons. The molecule has 0 atom stereocenters. The summed E-state index contributed by atoms with van der Waals surface area (Å²) in [5.74, 6) is 0. The average molecular weight is 224 g/mol. The van der Waals surface area contributed by atoms with Gasteiger partial charge < -0.3 is 5.11 Å². The van der Waals surface area contributed by atoms with Crippen molar-refractivity contribution in [2.75, 3.05) is 0 Å². The highest BCUT2D eigenvalue weighted by molar-refractivity contribution is 5.72. The number of aliphatic hydroxyl groups is 1. The molecule has 2 heterocycles. The van der Waals surface area contributed by atoms with Crippen LogP contribution in [0.25, 0.3) is 16.8 Å². The molecule has 0 saturated carbocycles. The van der Waals surface area contributed by atoms with Gasteiger partial charge in [-0.3, -0.25) is 0 Å². The number of aromatic nitrogens is 2. The molecule has 2 aromatic heterocycles. The van der Waals surface area contributed by atoms with Crippen LogP contribution in [-0.2, 0) is 6.61 Å². The normalized spacial score (nSPS) is 10.9. The second kappa shape index (κ2) is 4.03. The highest BCUT2D eigenvalue weighted by Gasteiger charge is 2.12. The second-order valence-corrected chi connectivity index (χ2v) is 3.88. The van der Waals surface area contributed by atoms with E-state index in [-0.39, 0.29) is 6.61 Å². The first-order chi connectivity index (χ1) is 8.40. The van der Waals surface area contributed by atoms with E-state index in [9.17, 15) is 5.11 Å². The molecule has 84 valence electrons. The first-order valence-electron chi connectivity index (χ1n) is 5.52. The van der Waals surface area contributed by atoms with E-state index >= 15 is 0 Å². The molecule has 0 fully saturated rings. The van der Waals surface area contributed by atoms with E-state index in [1.165, 1.54) is 0 Å². The van der Waals surface area contributed by atoms with Crippen LogP contribution in [0.2, 0.25) is 0 Å². The largest absolute Gasteiger partial charge is 0.392 e. The maximum Gasteiger partial charge on any atom is 0.0988 e. The van der Waals surface area contributed by atoms with Crippen LogP contribution in [0.1, 0.15) is 5.56 Å². The molecule has 0 spiro atoms. The number of hydrogen-bond acceptors (Lipinski definition) is 2. The Labute approximate surface area is 99.0 Å². The van der Waals surface area contributed by atoms with Crippen molar-refractivity contribution in [2.45, 2.75) is 6.61 Å². The van der Waals surface area contributed by atoms with Gasteiger partial charge in [-0.05, 0) is 12.1 Å². The number of fused-ring (bicyclic) bond motifs is 1. The lowest BCUT2D eigenvalue weighted by Gasteiger charge is -1.98. The summed E-state index contributed by atoms with van der Waals surface area (Å²) in [5.41, 5.74) is 3.70. The van der Waals surface area contributed by atoms with Crippen molar-refractivity contribution in [1.29, 1.82) is 0 Å². The van der Waals surface area contributed by atoms with Crippen molar-refractivity contribution in [1.82, 2.24) is 9.61 Å². The predicted molar refractivity (Wildman–Crippen MR) is 66.6 cm³/mol. The van der Waals surface area contributed by atoms with Gasteiger partial charge >= 0.3 is 0 Å². The van der Waals surface area contributed by atoms with E-state index in [0.29, 0.717) is 0 Å². The Bertz CT molecular complexity index is 644. The molecule has 0 bridgehead atoms. The predicted octanol–water partition coefficient (Wildman–Crippen LogP) is 2.49. The topological polar surface area (TPSA) is 37.5 Å². The van der Waals surface area contributed by atoms with E-state index in [0.717, 1.165) is 22.3 Å². The van der Waals surface area contributed by atoms with Gasteiger partial charge in [0.05, 0.1) is 17.8 Å².